The minimum Gasteiger partial charge on any atom is -0.394 e. The molecule has 0 bridgehead atoms. The molecular formula is C10H12Cl2FNO4S. The van der Waals surface area contributed by atoms with Crippen molar-refractivity contribution in [2.75, 3.05) is 26.4 Å². The SMILES string of the molecule is O=S(=O)(NCCOCCO)c1ccc(Cl)c(F)c1Cl. The molecule has 0 spiro atoms. The molecule has 5 nitrogen and oxygen atoms in total. The molecule has 0 heterocycles. The smallest absolute Gasteiger partial charge is 0.242 e. The van der Waals surface area contributed by atoms with Crippen LogP contribution in [0, 0.1) is 5.82 Å². The van der Waals surface area contributed by atoms with Crippen molar-refractivity contribution in [1.82, 2.24) is 4.72 Å². The molecular weight excluding hydrogens is 320 g/mol. The van der Waals surface area contributed by atoms with Gasteiger partial charge in [-0.3, -0.25) is 0 Å². The Labute approximate surface area is 120 Å². The topological polar surface area (TPSA) is 75.6 Å². The Bertz CT molecular complexity index is 539. The lowest BCUT2D eigenvalue weighted by Gasteiger charge is -2.09. The summed E-state index contributed by atoms with van der Waals surface area (Å²) in [6.45, 7) is 0.00934. The highest BCUT2D eigenvalue weighted by Gasteiger charge is 2.21. The molecule has 0 radical (unpaired) electrons. The van der Waals surface area contributed by atoms with E-state index in [4.69, 9.17) is 33.0 Å². The van der Waals surface area contributed by atoms with E-state index < -0.39 is 25.8 Å². The van der Waals surface area contributed by atoms with Crippen LogP contribution in [0.4, 0.5) is 4.39 Å². The zero-order valence-corrected chi connectivity index (χ0v) is 12.0. The summed E-state index contributed by atoms with van der Waals surface area (Å²) in [5.41, 5.74) is 0. The Morgan fingerprint density at radius 3 is 2.63 bits per heavy atom. The van der Waals surface area contributed by atoms with Crippen LogP contribution in [0.1, 0.15) is 0 Å². The maximum atomic E-state index is 13.4. The summed E-state index contributed by atoms with van der Waals surface area (Å²) in [7, 11) is -3.94. The minimum absolute atomic E-state index is 0.0249. The molecule has 9 heteroatoms. The third kappa shape index (κ3) is 4.55. The molecule has 108 valence electrons. The molecule has 0 amide bonds. The fourth-order valence-corrected chi connectivity index (χ4v) is 2.96. The number of nitrogens with one attached hydrogen (secondary N) is 1. The average molecular weight is 332 g/mol. The molecule has 0 unspecified atom stereocenters. The first kappa shape index (κ1) is 16.6. The lowest BCUT2D eigenvalue weighted by molar-refractivity contribution is 0.0961. The third-order valence-electron chi connectivity index (χ3n) is 2.06. The fourth-order valence-electron chi connectivity index (χ4n) is 1.21. The number of benzene rings is 1. The van der Waals surface area contributed by atoms with E-state index in [9.17, 15) is 12.8 Å². The normalized spacial score (nSPS) is 11.8. The van der Waals surface area contributed by atoms with Crippen LogP contribution in [0.5, 0.6) is 0 Å². The predicted molar refractivity (Wildman–Crippen MR) is 69.5 cm³/mol. The first-order valence-corrected chi connectivity index (χ1v) is 7.46. The van der Waals surface area contributed by atoms with E-state index in [1.807, 2.05) is 0 Å². The van der Waals surface area contributed by atoms with E-state index in [2.05, 4.69) is 4.72 Å². The Morgan fingerprint density at radius 2 is 2.00 bits per heavy atom. The number of ether oxygens (including phenoxy) is 1. The molecule has 0 aliphatic rings. The fraction of sp³-hybridized carbons (Fsp3) is 0.400. The third-order valence-corrected chi connectivity index (χ3v) is 4.34. The molecule has 0 aliphatic carbocycles. The summed E-state index contributed by atoms with van der Waals surface area (Å²) >= 11 is 11.1. The van der Waals surface area contributed by atoms with Crippen LogP contribution in [0.2, 0.25) is 10.0 Å². The van der Waals surface area contributed by atoms with Crippen LogP contribution in [0.15, 0.2) is 17.0 Å². The van der Waals surface area contributed by atoms with Crippen molar-refractivity contribution in [3.05, 3.63) is 28.0 Å². The Kier molecular flexibility index (Phi) is 6.45. The maximum absolute atomic E-state index is 13.4. The van der Waals surface area contributed by atoms with Crippen LogP contribution in [-0.4, -0.2) is 39.9 Å². The van der Waals surface area contributed by atoms with Gasteiger partial charge in [-0.25, -0.2) is 17.5 Å². The second-order valence-corrected chi connectivity index (χ2v) is 5.93. The van der Waals surface area contributed by atoms with Crippen molar-refractivity contribution in [2.45, 2.75) is 4.90 Å². The zero-order chi connectivity index (χ0) is 14.5. The number of hydrogen-bond acceptors (Lipinski definition) is 4. The molecule has 2 N–H and O–H groups in total. The number of aliphatic hydroxyl groups is 1. The van der Waals surface area contributed by atoms with Gasteiger partial charge in [-0.05, 0) is 12.1 Å². The number of sulfonamides is 1. The van der Waals surface area contributed by atoms with Crippen molar-refractivity contribution < 1.29 is 22.7 Å². The monoisotopic (exact) mass is 331 g/mol. The van der Waals surface area contributed by atoms with Crippen LogP contribution in [0.25, 0.3) is 0 Å². The van der Waals surface area contributed by atoms with Gasteiger partial charge in [0, 0.05) is 6.54 Å². The van der Waals surface area contributed by atoms with Crippen molar-refractivity contribution in [1.29, 1.82) is 0 Å². The summed E-state index contributed by atoms with van der Waals surface area (Å²) in [6.07, 6.45) is 0. The standard InChI is InChI=1S/C10H12Cl2FNO4S/c11-7-1-2-8(9(12)10(7)13)19(16,17)14-3-5-18-6-4-15/h1-2,14-15H,3-6H2. The van der Waals surface area contributed by atoms with Crippen molar-refractivity contribution in [3.8, 4) is 0 Å². The number of hydrogen-bond donors (Lipinski definition) is 2. The van der Waals surface area contributed by atoms with Gasteiger partial charge in [0.05, 0.1) is 29.9 Å². The molecule has 0 fully saturated rings. The van der Waals surface area contributed by atoms with Crippen molar-refractivity contribution in [3.63, 3.8) is 0 Å². The Morgan fingerprint density at radius 1 is 1.32 bits per heavy atom. The summed E-state index contributed by atoms with van der Waals surface area (Å²) in [5.74, 6) is -0.984. The molecule has 0 saturated carbocycles. The summed E-state index contributed by atoms with van der Waals surface area (Å²) in [6, 6.07) is 2.23. The van der Waals surface area contributed by atoms with Gasteiger partial charge in [0.2, 0.25) is 10.0 Å². The molecule has 1 rings (SSSR count). The second-order valence-electron chi connectivity index (χ2n) is 3.41. The maximum Gasteiger partial charge on any atom is 0.242 e. The first-order chi connectivity index (χ1) is 8.90. The van der Waals surface area contributed by atoms with Crippen molar-refractivity contribution in [2.24, 2.45) is 0 Å². The van der Waals surface area contributed by atoms with Crippen LogP contribution < -0.4 is 4.72 Å². The summed E-state index contributed by atoms with van der Waals surface area (Å²) in [5, 5.41) is 7.65. The molecule has 1 aromatic rings. The average Bonchev–Trinajstić information content (AvgIpc) is 2.35. The molecule has 0 aliphatic heterocycles. The van der Waals surface area contributed by atoms with E-state index in [1.54, 1.807) is 0 Å². The van der Waals surface area contributed by atoms with E-state index in [-0.39, 0.29) is 31.4 Å². The zero-order valence-electron chi connectivity index (χ0n) is 9.70. The summed E-state index contributed by atoms with van der Waals surface area (Å²) < 4.78 is 44.2. The van der Waals surface area contributed by atoms with Gasteiger partial charge in [0.1, 0.15) is 4.90 Å². The second kappa shape index (κ2) is 7.37. The largest absolute Gasteiger partial charge is 0.394 e. The van der Waals surface area contributed by atoms with Crippen LogP contribution in [0.3, 0.4) is 0 Å². The van der Waals surface area contributed by atoms with E-state index >= 15 is 0 Å². The highest BCUT2D eigenvalue weighted by Crippen LogP contribution is 2.29. The molecule has 1 aromatic carbocycles. The quantitative estimate of drug-likeness (QED) is 0.585. The number of halogens is 3. The molecule has 0 aromatic heterocycles. The molecule has 19 heavy (non-hydrogen) atoms. The minimum atomic E-state index is -3.94. The van der Waals surface area contributed by atoms with Gasteiger partial charge in [0.25, 0.3) is 0 Å². The highest BCUT2D eigenvalue weighted by atomic mass is 35.5. The van der Waals surface area contributed by atoms with E-state index in [1.165, 1.54) is 0 Å². The Hall–Kier alpha value is -0.440. The van der Waals surface area contributed by atoms with Crippen molar-refractivity contribution >= 4 is 33.2 Å². The van der Waals surface area contributed by atoms with Gasteiger partial charge in [-0.1, -0.05) is 23.2 Å². The van der Waals surface area contributed by atoms with Gasteiger partial charge in [-0.2, -0.15) is 0 Å². The Balaban J connectivity index is 2.75. The van der Waals surface area contributed by atoms with Gasteiger partial charge in [-0.15, -0.1) is 0 Å². The van der Waals surface area contributed by atoms with Gasteiger partial charge < -0.3 is 9.84 Å². The lowest BCUT2D eigenvalue weighted by atomic mass is 10.3. The first-order valence-electron chi connectivity index (χ1n) is 5.22. The number of rotatable bonds is 7. The van der Waals surface area contributed by atoms with E-state index in [0.717, 1.165) is 12.1 Å². The number of aliphatic hydroxyl groups excluding tert-OH is 1. The lowest BCUT2D eigenvalue weighted by Crippen LogP contribution is -2.28. The summed E-state index contributed by atoms with van der Waals surface area (Å²) in [4.78, 5) is -0.391. The molecule has 0 atom stereocenters. The van der Waals surface area contributed by atoms with Gasteiger partial charge >= 0.3 is 0 Å². The molecule has 0 saturated heterocycles. The van der Waals surface area contributed by atoms with Gasteiger partial charge in [0.15, 0.2) is 5.82 Å². The highest BCUT2D eigenvalue weighted by molar-refractivity contribution is 7.89. The van der Waals surface area contributed by atoms with Crippen LogP contribution in [-0.2, 0) is 14.8 Å². The van der Waals surface area contributed by atoms with E-state index in [0.29, 0.717) is 0 Å². The van der Waals surface area contributed by atoms with Crippen LogP contribution >= 0.6 is 23.2 Å². The predicted octanol–water partition coefficient (Wildman–Crippen LogP) is 1.42.